The lowest BCUT2D eigenvalue weighted by atomic mass is 10.1. The van der Waals surface area contributed by atoms with E-state index < -0.39 is 0 Å². The first kappa shape index (κ1) is 14.2. The number of methoxy groups -OCH3 is 1. The van der Waals surface area contributed by atoms with Crippen LogP contribution in [0.15, 0.2) is 30.5 Å². The van der Waals surface area contributed by atoms with E-state index in [0.29, 0.717) is 16.6 Å². The molecule has 0 saturated carbocycles. The number of aromatic nitrogens is 3. The Kier molecular flexibility index (Phi) is 3.74. The molecule has 0 radical (unpaired) electrons. The molecule has 0 fully saturated rings. The third-order valence-electron chi connectivity index (χ3n) is 3.42. The molecule has 108 valence electrons. The molecule has 0 aliphatic heterocycles. The third-order valence-corrected chi connectivity index (χ3v) is 4.21. The number of halogens is 2. The summed E-state index contributed by atoms with van der Waals surface area (Å²) in [5.41, 5.74) is 3.50. The van der Waals surface area contributed by atoms with Crippen molar-refractivity contribution in [1.29, 1.82) is 0 Å². The fourth-order valence-corrected chi connectivity index (χ4v) is 2.66. The molecule has 3 rings (SSSR count). The molecule has 0 unspecified atom stereocenters. The van der Waals surface area contributed by atoms with Gasteiger partial charge in [-0.3, -0.25) is 0 Å². The van der Waals surface area contributed by atoms with E-state index in [0.717, 1.165) is 28.2 Å². The van der Waals surface area contributed by atoms with E-state index in [2.05, 4.69) is 10.1 Å². The second-order valence-electron chi connectivity index (χ2n) is 4.71. The zero-order chi connectivity index (χ0) is 15.0. The highest BCUT2D eigenvalue weighted by Crippen LogP contribution is 2.27. The summed E-state index contributed by atoms with van der Waals surface area (Å²) >= 11 is 12.6. The second kappa shape index (κ2) is 5.54. The zero-order valence-corrected chi connectivity index (χ0v) is 13.1. The van der Waals surface area contributed by atoms with Crippen LogP contribution >= 0.6 is 23.2 Å². The first-order valence-corrected chi connectivity index (χ1v) is 7.17. The van der Waals surface area contributed by atoms with Crippen LogP contribution in [0.2, 0.25) is 10.2 Å². The van der Waals surface area contributed by atoms with Crippen LogP contribution in [0, 0.1) is 6.92 Å². The van der Waals surface area contributed by atoms with Crippen molar-refractivity contribution in [1.82, 2.24) is 14.6 Å². The maximum absolute atomic E-state index is 6.33. The number of nitrogens with zero attached hydrogens (tertiary/aromatic N) is 3. The van der Waals surface area contributed by atoms with E-state index in [-0.39, 0.29) is 0 Å². The Hall–Kier alpha value is -1.78. The van der Waals surface area contributed by atoms with Crippen molar-refractivity contribution in [2.75, 3.05) is 7.11 Å². The molecular formula is C15H13Cl2N3O. The maximum Gasteiger partial charge on any atom is 0.156 e. The first-order chi connectivity index (χ1) is 10.1. The SMILES string of the molecule is COc1ccc(Cc2nc3ccnn3c(Cl)c2C)c(Cl)c1. The Morgan fingerprint density at radius 1 is 1.24 bits per heavy atom. The van der Waals surface area contributed by atoms with Crippen molar-refractivity contribution in [2.24, 2.45) is 0 Å². The van der Waals surface area contributed by atoms with Gasteiger partial charge in [0, 0.05) is 23.1 Å². The lowest BCUT2D eigenvalue weighted by Gasteiger charge is -2.10. The molecule has 2 aromatic heterocycles. The minimum Gasteiger partial charge on any atom is -0.497 e. The molecule has 21 heavy (non-hydrogen) atoms. The highest BCUT2D eigenvalue weighted by molar-refractivity contribution is 6.31. The Morgan fingerprint density at radius 2 is 2.05 bits per heavy atom. The van der Waals surface area contributed by atoms with E-state index in [1.54, 1.807) is 23.9 Å². The summed E-state index contributed by atoms with van der Waals surface area (Å²) in [7, 11) is 1.62. The molecular weight excluding hydrogens is 309 g/mol. The number of ether oxygens (including phenoxy) is 1. The van der Waals surface area contributed by atoms with Crippen LogP contribution in [0.5, 0.6) is 5.75 Å². The minimum atomic E-state index is 0.574. The third kappa shape index (κ3) is 2.57. The minimum absolute atomic E-state index is 0.574. The number of fused-ring (bicyclic) bond motifs is 1. The summed E-state index contributed by atoms with van der Waals surface area (Å²) < 4.78 is 6.78. The normalized spacial score (nSPS) is 11.0. The molecule has 4 nitrogen and oxygen atoms in total. The summed E-state index contributed by atoms with van der Waals surface area (Å²) in [4.78, 5) is 4.60. The Balaban J connectivity index is 2.03. The van der Waals surface area contributed by atoms with Crippen LogP contribution in [0.25, 0.3) is 5.65 Å². The van der Waals surface area contributed by atoms with Crippen molar-refractivity contribution in [3.63, 3.8) is 0 Å². The molecule has 3 aromatic rings. The van der Waals surface area contributed by atoms with Crippen molar-refractivity contribution < 1.29 is 4.74 Å². The largest absolute Gasteiger partial charge is 0.497 e. The fraction of sp³-hybridized carbons (Fsp3) is 0.200. The summed E-state index contributed by atoms with van der Waals surface area (Å²) in [5.74, 6) is 0.734. The van der Waals surface area contributed by atoms with Gasteiger partial charge < -0.3 is 4.74 Å². The van der Waals surface area contributed by atoms with Gasteiger partial charge in [-0.1, -0.05) is 29.3 Å². The summed E-state index contributed by atoms with van der Waals surface area (Å²) in [6, 6.07) is 7.45. The van der Waals surface area contributed by atoms with E-state index in [1.807, 2.05) is 25.1 Å². The molecule has 6 heteroatoms. The van der Waals surface area contributed by atoms with Gasteiger partial charge >= 0.3 is 0 Å². The predicted octanol–water partition coefficient (Wildman–Crippen LogP) is 3.94. The average Bonchev–Trinajstić information content (AvgIpc) is 2.94. The monoisotopic (exact) mass is 321 g/mol. The van der Waals surface area contributed by atoms with Gasteiger partial charge in [-0.15, -0.1) is 0 Å². The Bertz CT molecular complexity index is 814. The number of hydrogen-bond donors (Lipinski definition) is 0. The van der Waals surface area contributed by atoms with Crippen LogP contribution in [-0.4, -0.2) is 21.7 Å². The summed E-state index contributed by atoms with van der Waals surface area (Å²) in [6.45, 7) is 1.93. The van der Waals surface area contributed by atoms with Crippen LogP contribution in [0.4, 0.5) is 0 Å². The number of rotatable bonds is 3. The smallest absolute Gasteiger partial charge is 0.156 e. The van der Waals surface area contributed by atoms with Crippen molar-refractivity contribution in [2.45, 2.75) is 13.3 Å². The van der Waals surface area contributed by atoms with Crippen molar-refractivity contribution in [3.05, 3.63) is 57.5 Å². The molecule has 0 amide bonds. The lowest BCUT2D eigenvalue weighted by molar-refractivity contribution is 0.414. The molecule has 0 atom stereocenters. The molecule has 0 spiro atoms. The molecule has 1 aromatic carbocycles. The van der Waals surface area contributed by atoms with Crippen LogP contribution in [0.3, 0.4) is 0 Å². The van der Waals surface area contributed by atoms with E-state index in [9.17, 15) is 0 Å². The number of benzene rings is 1. The highest BCUT2D eigenvalue weighted by atomic mass is 35.5. The van der Waals surface area contributed by atoms with E-state index in [4.69, 9.17) is 27.9 Å². The van der Waals surface area contributed by atoms with E-state index in [1.165, 1.54) is 0 Å². The number of hydrogen-bond acceptors (Lipinski definition) is 3. The maximum atomic E-state index is 6.33. The van der Waals surface area contributed by atoms with Crippen LogP contribution in [0.1, 0.15) is 16.8 Å². The Morgan fingerprint density at radius 3 is 2.76 bits per heavy atom. The van der Waals surface area contributed by atoms with Gasteiger partial charge in [-0.05, 0) is 24.6 Å². The van der Waals surface area contributed by atoms with Crippen molar-refractivity contribution >= 4 is 28.8 Å². The molecule has 0 saturated heterocycles. The molecule has 0 N–H and O–H groups in total. The molecule has 2 heterocycles. The van der Waals surface area contributed by atoms with Gasteiger partial charge in [-0.25, -0.2) is 9.50 Å². The quantitative estimate of drug-likeness (QED) is 0.686. The van der Waals surface area contributed by atoms with Gasteiger partial charge in [0.05, 0.1) is 19.0 Å². The van der Waals surface area contributed by atoms with Crippen molar-refractivity contribution in [3.8, 4) is 5.75 Å². The van der Waals surface area contributed by atoms with Gasteiger partial charge in [0.15, 0.2) is 5.65 Å². The molecule has 0 bridgehead atoms. The first-order valence-electron chi connectivity index (χ1n) is 6.41. The zero-order valence-electron chi connectivity index (χ0n) is 11.6. The van der Waals surface area contributed by atoms with Gasteiger partial charge in [0.1, 0.15) is 10.9 Å². The van der Waals surface area contributed by atoms with Crippen LogP contribution in [-0.2, 0) is 6.42 Å². The highest BCUT2D eigenvalue weighted by Gasteiger charge is 2.13. The summed E-state index contributed by atoms with van der Waals surface area (Å²) in [5, 5.41) is 5.37. The predicted molar refractivity (Wildman–Crippen MR) is 83.5 cm³/mol. The van der Waals surface area contributed by atoms with Gasteiger partial charge in [-0.2, -0.15) is 5.10 Å². The fourth-order valence-electron chi connectivity index (χ4n) is 2.18. The van der Waals surface area contributed by atoms with E-state index >= 15 is 0 Å². The topological polar surface area (TPSA) is 39.4 Å². The Labute approximate surface area is 132 Å². The molecule has 0 aliphatic rings. The second-order valence-corrected chi connectivity index (χ2v) is 5.47. The molecule has 0 aliphatic carbocycles. The average molecular weight is 322 g/mol. The lowest BCUT2D eigenvalue weighted by Crippen LogP contribution is -2.03. The van der Waals surface area contributed by atoms with Crippen LogP contribution < -0.4 is 4.74 Å². The van der Waals surface area contributed by atoms with Gasteiger partial charge in [0.25, 0.3) is 0 Å². The standard InChI is InChI=1S/C15H13Cl2N3O/c1-9-13(19-14-5-6-18-20(14)15(9)17)7-10-3-4-11(21-2)8-12(10)16/h3-6,8H,7H2,1-2H3. The van der Waals surface area contributed by atoms with Gasteiger partial charge in [0.2, 0.25) is 0 Å². The summed E-state index contributed by atoms with van der Waals surface area (Å²) in [6.07, 6.45) is 2.29.